The molecular weight excluding hydrogens is 404 g/mol. The first-order valence-corrected chi connectivity index (χ1v) is 11.1. The molecule has 2 N–H and O–H groups in total. The highest BCUT2D eigenvalue weighted by molar-refractivity contribution is 6.07. The first-order chi connectivity index (χ1) is 15.4. The number of piperazine rings is 1. The fraction of sp³-hybridized carbons (Fsp3) is 0.375. The maximum Gasteiger partial charge on any atom is 0.324 e. The van der Waals surface area contributed by atoms with Crippen LogP contribution in [-0.4, -0.2) is 77.5 Å². The molecule has 2 aliphatic heterocycles. The summed E-state index contributed by atoms with van der Waals surface area (Å²) in [6.07, 6.45) is 1.05. The lowest BCUT2D eigenvalue weighted by Gasteiger charge is -2.34. The molecule has 32 heavy (non-hydrogen) atoms. The Morgan fingerprint density at radius 1 is 0.938 bits per heavy atom. The van der Waals surface area contributed by atoms with E-state index in [2.05, 4.69) is 63.5 Å². The van der Waals surface area contributed by atoms with E-state index in [4.69, 9.17) is 4.98 Å². The maximum atomic E-state index is 12.5. The largest absolute Gasteiger partial charge is 0.369 e. The zero-order chi connectivity index (χ0) is 22.0. The van der Waals surface area contributed by atoms with E-state index in [1.807, 2.05) is 0 Å². The van der Waals surface area contributed by atoms with E-state index in [-0.39, 0.29) is 11.9 Å². The molecule has 2 aromatic carbocycles. The van der Waals surface area contributed by atoms with Gasteiger partial charge in [0, 0.05) is 57.3 Å². The third kappa shape index (κ3) is 2.82. The minimum absolute atomic E-state index is 0.209. The molecule has 3 amide bonds. The molecule has 1 atom stereocenters. The summed E-state index contributed by atoms with van der Waals surface area (Å²) in [5, 5.41) is 2.45. The van der Waals surface area contributed by atoms with E-state index in [0.29, 0.717) is 12.8 Å². The molecule has 1 unspecified atom stereocenters. The number of fused-ring (bicyclic) bond motifs is 2. The second-order valence-corrected chi connectivity index (χ2v) is 9.26. The summed E-state index contributed by atoms with van der Waals surface area (Å²) in [4.78, 5) is 39.1. The molecule has 1 aliphatic carbocycles. The molecule has 2 saturated heterocycles. The number of benzene rings is 2. The monoisotopic (exact) mass is 430 g/mol. The van der Waals surface area contributed by atoms with Crippen LogP contribution in [0.3, 0.4) is 0 Å². The van der Waals surface area contributed by atoms with Crippen LogP contribution >= 0.6 is 0 Å². The Labute approximate surface area is 186 Å². The number of aromatic nitrogens is 2. The quantitative estimate of drug-likeness (QED) is 0.608. The van der Waals surface area contributed by atoms with Gasteiger partial charge in [0.25, 0.3) is 5.91 Å². The van der Waals surface area contributed by atoms with Crippen LogP contribution in [0.5, 0.6) is 0 Å². The second kappa shape index (κ2) is 6.80. The Hall–Kier alpha value is -3.39. The molecule has 0 bridgehead atoms. The standard InChI is InChI=1S/C24H26N6O2/c1-28-7-9-30(10-8-28)18-5-3-15(4-6-18)21-25-19-11-16-13-24(14-17(16)12-20(19)26-21)22(31)27-23(32)29(24)2/h3-6,11-12H,7-10,13-14H2,1-2H3,(H,25,26)(H,27,31,32). The van der Waals surface area contributed by atoms with E-state index in [1.165, 1.54) is 5.69 Å². The molecule has 0 saturated carbocycles. The van der Waals surface area contributed by atoms with Crippen molar-refractivity contribution in [1.29, 1.82) is 0 Å². The Morgan fingerprint density at radius 3 is 2.28 bits per heavy atom. The van der Waals surface area contributed by atoms with Gasteiger partial charge in [-0.05, 0) is 54.6 Å². The van der Waals surface area contributed by atoms with Gasteiger partial charge in [-0.15, -0.1) is 0 Å². The summed E-state index contributed by atoms with van der Waals surface area (Å²) in [6.45, 7) is 4.27. The molecule has 8 heteroatoms. The highest BCUT2D eigenvalue weighted by Gasteiger charge is 2.54. The third-order valence-electron chi connectivity index (χ3n) is 7.37. The van der Waals surface area contributed by atoms with Gasteiger partial charge in [0.05, 0.1) is 11.0 Å². The van der Waals surface area contributed by atoms with Gasteiger partial charge in [-0.2, -0.15) is 0 Å². The first-order valence-electron chi connectivity index (χ1n) is 11.1. The van der Waals surface area contributed by atoms with Gasteiger partial charge < -0.3 is 19.7 Å². The summed E-state index contributed by atoms with van der Waals surface area (Å²) in [6, 6.07) is 12.4. The number of amides is 3. The Balaban J connectivity index is 1.27. The number of likely N-dealkylation sites (N-methyl/N-ethyl adjacent to an activating group) is 2. The van der Waals surface area contributed by atoms with Crippen molar-refractivity contribution in [3.63, 3.8) is 0 Å². The summed E-state index contributed by atoms with van der Waals surface area (Å²) < 4.78 is 0. The first kappa shape index (κ1) is 19.3. The highest BCUT2D eigenvalue weighted by atomic mass is 16.2. The number of imide groups is 1. The Bertz CT molecular complexity index is 1200. The van der Waals surface area contributed by atoms with E-state index in [9.17, 15) is 9.59 Å². The molecule has 1 spiro atoms. The lowest BCUT2D eigenvalue weighted by atomic mass is 9.95. The lowest BCUT2D eigenvalue weighted by Crippen LogP contribution is -2.48. The fourth-order valence-electron chi connectivity index (χ4n) is 5.24. The zero-order valence-electron chi connectivity index (χ0n) is 18.3. The normalized spacial score (nSPS) is 20.4. The number of nitrogens with one attached hydrogen (secondary N) is 2. The van der Waals surface area contributed by atoms with Gasteiger partial charge in [0.1, 0.15) is 11.4 Å². The number of hydrogen-bond acceptors (Lipinski definition) is 5. The van der Waals surface area contributed by atoms with Crippen molar-refractivity contribution in [2.75, 3.05) is 45.2 Å². The molecule has 3 heterocycles. The number of imidazole rings is 1. The molecule has 8 nitrogen and oxygen atoms in total. The van der Waals surface area contributed by atoms with Gasteiger partial charge in [0.15, 0.2) is 0 Å². The van der Waals surface area contributed by atoms with E-state index in [1.54, 1.807) is 11.9 Å². The predicted octanol–water partition coefficient (Wildman–Crippen LogP) is 2.00. The molecule has 164 valence electrons. The van der Waals surface area contributed by atoms with Gasteiger partial charge in [-0.1, -0.05) is 0 Å². The van der Waals surface area contributed by atoms with Crippen molar-refractivity contribution in [3.05, 3.63) is 47.5 Å². The second-order valence-electron chi connectivity index (χ2n) is 9.26. The Kier molecular flexibility index (Phi) is 4.10. The van der Waals surface area contributed by atoms with Gasteiger partial charge in [-0.3, -0.25) is 10.1 Å². The topological polar surface area (TPSA) is 84.6 Å². The van der Waals surface area contributed by atoms with Gasteiger partial charge >= 0.3 is 6.03 Å². The molecule has 0 radical (unpaired) electrons. The van der Waals surface area contributed by atoms with E-state index < -0.39 is 5.54 Å². The lowest BCUT2D eigenvalue weighted by molar-refractivity contribution is -0.125. The molecule has 3 aliphatic rings. The van der Waals surface area contributed by atoms with Crippen LogP contribution in [0.25, 0.3) is 22.4 Å². The maximum absolute atomic E-state index is 12.5. The van der Waals surface area contributed by atoms with Crippen molar-refractivity contribution in [3.8, 4) is 11.4 Å². The summed E-state index contributed by atoms with van der Waals surface area (Å²) in [5.74, 6) is 0.633. The number of aromatic amines is 1. The van der Waals surface area contributed by atoms with Crippen LogP contribution in [0, 0.1) is 0 Å². The number of hydrogen-bond donors (Lipinski definition) is 2. The predicted molar refractivity (Wildman–Crippen MR) is 123 cm³/mol. The smallest absolute Gasteiger partial charge is 0.324 e. The van der Waals surface area contributed by atoms with Gasteiger partial charge in [-0.25, -0.2) is 9.78 Å². The average Bonchev–Trinajstić information content (AvgIpc) is 3.43. The minimum atomic E-state index is -0.805. The van der Waals surface area contributed by atoms with E-state index in [0.717, 1.165) is 59.7 Å². The average molecular weight is 431 g/mol. The van der Waals surface area contributed by atoms with Crippen molar-refractivity contribution >= 4 is 28.7 Å². The van der Waals surface area contributed by atoms with E-state index >= 15 is 0 Å². The zero-order valence-corrected chi connectivity index (χ0v) is 18.3. The molecule has 3 aromatic rings. The SMILES string of the molecule is CN1CCN(c2ccc(-c3nc4cc5c(cc4[nH]3)CC3(C5)C(=O)NC(=O)N3C)cc2)CC1. The Morgan fingerprint density at radius 2 is 1.62 bits per heavy atom. The number of rotatable bonds is 2. The fourth-order valence-corrected chi connectivity index (χ4v) is 5.24. The number of anilines is 1. The number of carbonyl (C=O) groups excluding carboxylic acids is 2. The van der Waals surface area contributed by atoms with Gasteiger partial charge in [0.2, 0.25) is 0 Å². The summed E-state index contributed by atoms with van der Waals surface area (Å²) in [7, 11) is 3.86. The highest BCUT2D eigenvalue weighted by Crippen LogP contribution is 2.39. The van der Waals surface area contributed by atoms with Crippen molar-refractivity contribution in [2.24, 2.45) is 0 Å². The molecular formula is C24H26N6O2. The number of H-pyrrole nitrogens is 1. The van der Waals surface area contributed by atoms with Crippen molar-refractivity contribution < 1.29 is 9.59 Å². The summed E-state index contributed by atoms with van der Waals surface area (Å²) >= 11 is 0. The molecule has 2 fully saturated rings. The number of nitrogens with zero attached hydrogens (tertiary/aromatic N) is 4. The number of carbonyl (C=O) groups is 2. The molecule has 6 rings (SSSR count). The van der Waals surface area contributed by atoms with Crippen LogP contribution in [0.2, 0.25) is 0 Å². The number of urea groups is 1. The van der Waals surface area contributed by atoms with Crippen LogP contribution in [0.4, 0.5) is 10.5 Å². The molecule has 1 aromatic heterocycles. The van der Waals surface area contributed by atoms with Crippen LogP contribution < -0.4 is 10.2 Å². The minimum Gasteiger partial charge on any atom is -0.369 e. The van der Waals surface area contributed by atoms with Crippen LogP contribution in [0.15, 0.2) is 36.4 Å². The van der Waals surface area contributed by atoms with Crippen LogP contribution in [0.1, 0.15) is 11.1 Å². The third-order valence-corrected chi connectivity index (χ3v) is 7.37. The van der Waals surface area contributed by atoms with Crippen LogP contribution in [-0.2, 0) is 17.6 Å². The summed E-state index contributed by atoms with van der Waals surface area (Å²) in [5.41, 5.74) is 5.50. The van der Waals surface area contributed by atoms with Crippen molar-refractivity contribution in [2.45, 2.75) is 18.4 Å². The van der Waals surface area contributed by atoms with Crippen molar-refractivity contribution in [1.82, 2.24) is 25.1 Å².